The number of benzene rings is 2. The molecule has 0 bridgehead atoms. The van der Waals surface area contributed by atoms with Gasteiger partial charge in [0.15, 0.2) is 0 Å². The van der Waals surface area contributed by atoms with Crippen LogP contribution in [0.1, 0.15) is 109 Å². The monoisotopic (exact) mass is 448 g/mol. The third kappa shape index (κ3) is 6.95. The highest BCUT2D eigenvalue weighted by molar-refractivity contribution is 5.79. The van der Waals surface area contributed by atoms with E-state index in [0.29, 0.717) is 37.1 Å². The Labute approximate surface area is 202 Å². The molecule has 0 aromatic heterocycles. The lowest BCUT2D eigenvalue weighted by Gasteiger charge is -2.30. The quantitative estimate of drug-likeness (QED) is 0.268. The summed E-state index contributed by atoms with van der Waals surface area (Å²) >= 11 is 0. The minimum Gasteiger partial charge on any atom is -0.489 e. The summed E-state index contributed by atoms with van der Waals surface area (Å²) in [6.45, 7) is 12.2. The Balaban J connectivity index is 1.91. The number of hydrogen-bond donors (Lipinski definition) is 0. The lowest BCUT2D eigenvalue weighted by molar-refractivity contribution is -0.119. The van der Waals surface area contributed by atoms with Crippen LogP contribution in [0.2, 0.25) is 0 Å². The molecule has 0 N–H and O–H groups in total. The smallest absolute Gasteiger partial charge is 0.133 e. The molecule has 0 amide bonds. The first-order chi connectivity index (χ1) is 15.8. The maximum absolute atomic E-state index is 12.6. The molecule has 1 saturated carbocycles. The third-order valence-corrected chi connectivity index (χ3v) is 7.95. The van der Waals surface area contributed by atoms with Crippen LogP contribution >= 0.6 is 0 Å². The molecule has 0 saturated heterocycles. The van der Waals surface area contributed by atoms with Crippen molar-refractivity contribution in [3.05, 3.63) is 65.2 Å². The van der Waals surface area contributed by atoms with Gasteiger partial charge in [0.25, 0.3) is 0 Å². The van der Waals surface area contributed by atoms with Gasteiger partial charge in [0.2, 0.25) is 0 Å². The van der Waals surface area contributed by atoms with E-state index in [0.717, 1.165) is 12.2 Å². The summed E-state index contributed by atoms with van der Waals surface area (Å²) in [7, 11) is 0. The van der Waals surface area contributed by atoms with E-state index in [-0.39, 0.29) is 11.3 Å². The minimum atomic E-state index is 0.106. The van der Waals surface area contributed by atoms with Crippen LogP contribution in [0.3, 0.4) is 0 Å². The summed E-state index contributed by atoms with van der Waals surface area (Å²) < 4.78 is 6.50. The van der Waals surface area contributed by atoms with Crippen molar-refractivity contribution >= 4 is 5.78 Å². The molecule has 2 aromatic carbocycles. The van der Waals surface area contributed by atoms with Crippen molar-refractivity contribution in [2.45, 2.75) is 104 Å². The van der Waals surface area contributed by atoms with Crippen LogP contribution in [0.15, 0.2) is 48.5 Å². The number of hydrogen-bond acceptors (Lipinski definition) is 2. The Morgan fingerprint density at radius 2 is 1.76 bits per heavy atom. The van der Waals surface area contributed by atoms with Gasteiger partial charge in [-0.25, -0.2) is 0 Å². The normalized spacial score (nSPS) is 21.6. The average molecular weight is 449 g/mol. The molecule has 2 heteroatoms. The molecule has 33 heavy (non-hydrogen) atoms. The van der Waals surface area contributed by atoms with E-state index in [1.54, 1.807) is 0 Å². The number of Topliss-reactive ketones (excluding diaryl/α,β-unsaturated/α-hetero) is 1. The molecule has 0 radical (unpaired) electrons. The summed E-state index contributed by atoms with van der Waals surface area (Å²) in [6, 6.07) is 17.2. The molecular weight excluding hydrogens is 404 g/mol. The van der Waals surface area contributed by atoms with Gasteiger partial charge in [-0.15, -0.1) is 0 Å². The van der Waals surface area contributed by atoms with Crippen LogP contribution in [0.4, 0.5) is 0 Å². The molecule has 180 valence electrons. The van der Waals surface area contributed by atoms with Crippen LogP contribution in [0, 0.1) is 11.8 Å². The number of carbonyl (C=O) groups excluding carboxylic acids is 1. The van der Waals surface area contributed by atoms with Crippen molar-refractivity contribution in [2.75, 3.05) is 0 Å². The van der Waals surface area contributed by atoms with Crippen LogP contribution in [-0.2, 0) is 16.8 Å². The summed E-state index contributed by atoms with van der Waals surface area (Å²) in [5.41, 5.74) is 3.83. The number of ether oxygens (including phenoxy) is 1. The zero-order valence-corrected chi connectivity index (χ0v) is 21.5. The number of rotatable bonds is 10. The Bertz CT molecular complexity index is 883. The fourth-order valence-corrected chi connectivity index (χ4v) is 5.23. The predicted molar refractivity (Wildman–Crippen MR) is 139 cm³/mol. The molecule has 1 aliphatic carbocycles. The van der Waals surface area contributed by atoms with E-state index in [9.17, 15) is 4.79 Å². The van der Waals surface area contributed by atoms with E-state index in [4.69, 9.17) is 4.74 Å². The zero-order chi connectivity index (χ0) is 23.8. The van der Waals surface area contributed by atoms with Gasteiger partial charge in [0.05, 0.1) is 0 Å². The lowest BCUT2D eigenvalue weighted by atomic mass is 9.76. The molecule has 0 aliphatic heterocycles. The fourth-order valence-electron chi connectivity index (χ4n) is 5.23. The maximum Gasteiger partial charge on any atom is 0.133 e. The van der Waals surface area contributed by atoms with Crippen molar-refractivity contribution in [3.63, 3.8) is 0 Å². The molecular formula is C31H44O2. The van der Waals surface area contributed by atoms with E-state index < -0.39 is 0 Å². The first-order valence-corrected chi connectivity index (χ1v) is 13.1. The van der Waals surface area contributed by atoms with Crippen LogP contribution in [0.5, 0.6) is 5.75 Å². The Kier molecular flexibility index (Phi) is 9.18. The van der Waals surface area contributed by atoms with Gasteiger partial charge >= 0.3 is 0 Å². The second-order valence-corrected chi connectivity index (χ2v) is 10.9. The Morgan fingerprint density at radius 1 is 1.00 bits per heavy atom. The zero-order valence-electron chi connectivity index (χ0n) is 21.5. The van der Waals surface area contributed by atoms with Crippen molar-refractivity contribution in [1.29, 1.82) is 0 Å². The number of unbranched alkanes of at least 4 members (excludes halogenated alkanes) is 3. The molecule has 3 atom stereocenters. The van der Waals surface area contributed by atoms with Gasteiger partial charge in [-0.05, 0) is 58.8 Å². The first-order valence-electron chi connectivity index (χ1n) is 13.1. The van der Waals surface area contributed by atoms with Gasteiger partial charge in [-0.1, -0.05) is 103 Å². The van der Waals surface area contributed by atoms with Gasteiger partial charge in [-0.3, -0.25) is 4.79 Å². The molecule has 2 aromatic rings. The van der Waals surface area contributed by atoms with Crippen LogP contribution < -0.4 is 4.74 Å². The maximum atomic E-state index is 12.6. The topological polar surface area (TPSA) is 26.3 Å². The Morgan fingerprint density at radius 3 is 2.48 bits per heavy atom. The molecule has 2 nitrogen and oxygen atoms in total. The fraction of sp³-hybridized carbons (Fsp3) is 0.581. The highest BCUT2D eigenvalue weighted by Gasteiger charge is 2.32. The highest BCUT2D eigenvalue weighted by atomic mass is 16.5. The van der Waals surface area contributed by atoms with Crippen molar-refractivity contribution in [2.24, 2.45) is 11.8 Å². The summed E-state index contributed by atoms with van der Waals surface area (Å²) in [5.74, 6) is 2.59. The summed E-state index contributed by atoms with van der Waals surface area (Å²) in [6.07, 6.45) is 8.66. The molecule has 3 unspecified atom stereocenters. The predicted octanol–water partition coefficient (Wildman–Crippen LogP) is 8.62. The van der Waals surface area contributed by atoms with Crippen molar-refractivity contribution in [1.82, 2.24) is 0 Å². The van der Waals surface area contributed by atoms with Crippen LogP contribution in [0.25, 0.3) is 0 Å². The molecule has 0 spiro atoms. The third-order valence-electron chi connectivity index (χ3n) is 7.95. The number of carbonyl (C=O) groups is 1. The molecule has 0 heterocycles. The van der Waals surface area contributed by atoms with E-state index >= 15 is 0 Å². The molecule has 1 fully saturated rings. The lowest BCUT2D eigenvalue weighted by Crippen LogP contribution is -2.20. The second-order valence-electron chi connectivity index (χ2n) is 10.9. The molecule has 3 rings (SSSR count). The van der Waals surface area contributed by atoms with Gasteiger partial charge in [-0.2, -0.15) is 0 Å². The van der Waals surface area contributed by atoms with E-state index in [2.05, 4.69) is 77.1 Å². The van der Waals surface area contributed by atoms with E-state index in [1.165, 1.54) is 48.8 Å². The summed E-state index contributed by atoms with van der Waals surface area (Å²) in [4.78, 5) is 12.6. The van der Waals surface area contributed by atoms with Gasteiger partial charge in [0.1, 0.15) is 18.1 Å². The Hall–Kier alpha value is -2.09. The van der Waals surface area contributed by atoms with Crippen LogP contribution in [-0.4, -0.2) is 5.78 Å². The van der Waals surface area contributed by atoms with Gasteiger partial charge < -0.3 is 4.74 Å². The average Bonchev–Trinajstić information content (AvgIpc) is 2.94. The highest BCUT2D eigenvalue weighted by Crippen LogP contribution is 2.43. The largest absolute Gasteiger partial charge is 0.489 e. The SMILES string of the molecule is CCCCCCC(C)(C)c1ccc(C2CC(=O)CCC(C)C2C)c(OCc2ccccc2)c1. The van der Waals surface area contributed by atoms with Crippen molar-refractivity contribution in [3.8, 4) is 5.75 Å². The standard InChI is InChI=1S/C31H44O2/c1-6-7-8-12-19-31(4,5)26-16-18-28(29-21-27(32)17-15-23(2)24(29)3)30(20-26)33-22-25-13-10-9-11-14-25/h9-11,13-14,16,18,20,23-24,29H,6-8,12,15,17,19,21-22H2,1-5H3. The molecule has 1 aliphatic rings. The first kappa shape index (κ1) is 25.5. The van der Waals surface area contributed by atoms with E-state index in [1.807, 2.05) is 6.07 Å². The minimum absolute atomic E-state index is 0.106. The van der Waals surface area contributed by atoms with Crippen molar-refractivity contribution < 1.29 is 9.53 Å². The summed E-state index contributed by atoms with van der Waals surface area (Å²) in [5, 5.41) is 0. The second kappa shape index (κ2) is 11.9. The number of ketones is 1. The van der Waals surface area contributed by atoms with Gasteiger partial charge in [0, 0.05) is 12.8 Å².